The number of carbonyl (C=O) groups excluding carboxylic acids is 1. The number of rotatable bonds is 2. The van der Waals surface area contributed by atoms with Crippen molar-refractivity contribution in [1.82, 2.24) is 9.80 Å². The van der Waals surface area contributed by atoms with Gasteiger partial charge in [-0.1, -0.05) is 6.92 Å². The number of nitrogens with zero attached hydrogens (tertiary/aromatic N) is 2. The minimum atomic E-state index is -0.828. The summed E-state index contributed by atoms with van der Waals surface area (Å²) in [5.74, 6) is 0.591. The van der Waals surface area contributed by atoms with Crippen molar-refractivity contribution in [3.63, 3.8) is 0 Å². The molecule has 0 radical (unpaired) electrons. The fourth-order valence-electron chi connectivity index (χ4n) is 2.25. The molecule has 1 atom stereocenters. The van der Waals surface area contributed by atoms with Crippen molar-refractivity contribution in [1.29, 1.82) is 0 Å². The van der Waals surface area contributed by atoms with E-state index in [9.17, 15) is 9.90 Å². The predicted octanol–water partition coefficient (Wildman–Crippen LogP) is 1.54. The molecule has 4 nitrogen and oxygen atoms in total. The highest BCUT2D eigenvalue weighted by Crippen LogP contribution is 2.17. The molecule has 16 heavy (non-hydrogen) atoms. The molecule has 1 saturated heterocycles. The number of hydrogen-bond donors (Lipinski definition) is 1. The fraction of sp³-hybridized carbons (Fsp3) is 0.917. The van der Waals surface area contributed by atoms with Crippen molar-refractivity contribution in [3.8, 4) is 0 Å². The lowest BCUT2D eigenvalue weighted by molar-refractivity contribution is 0.0447. The van der Waals surface area contributed by atoms with Gasteiger partial charge in [-0.25, -0.2) is 4.79 Å². The molecule has 0 aliphatic carbocycles. The highest BCUT2D eigenvalue weighted by atomic mass is 16.3. The lowest BCUT2D eigenvalue weighted by Gasteiger charge is -2.35. The van der Waals surface area contributed by atoms with Crippen LogP contribution in [0, 0.1) is 5.92 Å². The maximum Gasteiger partial charge on any atom is 0.319 e. The van der Waals surface area contributed by atoms with E-state index in [0.717, 1.165) is 19.5 Å². The Morgan fingerprint density at radius 2 is 2.19 bits per heavy atom. The molecule has 1 rings (SSSR count). The Labute approximate surface area is 98.2 Å². The Kier molecular flexibility index (Phi) is 4.19. The molecule has 0 aromatic rings. The van der Waals surface area contributed by atoms with Crippen LogP contribution in [0.4, 0.5) is 4.79 Å². The third kappa shape index (κ3) is 4.00. The van der Waals surface area contributed by atoms with Gasteiger partial charge in [0.2, 0.25) is 0 Å². The quantitative estimate of drug-likeness (QED) is 0.779. The summed E-state index contributed by atoms with van der Waals surface area (Å²) < 4.78 is 0. The number of amides is 2. The van der Waals surface area contributed by atoms with E-state index in [1.165, 1.54) is 6.42 Å². The molecule has 1 unspecified atom stereocenters. The van der Waals surface area contributed by atoms with Crippen molar-refractivity contribution < 1.29 is 9.90 Å². The van der Waals surface area contributed by atoms with E-state index in [-0.39, 0.29) is 6.03 Å². The summed E-state index contributed by atoms with van der Waals surface area (Å²) in [6, 6.07) is 0.0358. The molecule has 0 aromatic carbocycles. The Morgan fingerprint density at radius 3 is 2.69 bits per heavy atom. The minimum Gasteiger partial charge on any atom is -0.389 e. The van der Waals surface area contributed by atoms with Crippen LogP contribution < -0.4 is 0 Å². The highest BCUT2D eigenvalue weighted by molar-refractivity contribution is 5.74. The van der Waals surface area contributed by atoms with Gasteiger partial charge in [0.1, 0.15) is 0 Å². The molecule has 4 heteroatoms. The average Bonchev–Trinajstić information content (AvgIpc) is 2.14. The lowest BCUT2D eigenvalue weighted by atomic mass is 10.0. The van der Waals surface area contributed by atoms with Gasteiger partial charge in [0.25, 0.3) is 0 Å². The number of piperidine rings is 1. The molecule has 1 fully saturated rings. The van der Waals surface area contributed by atoms with Crippen LogP contribution in [0.5, 0.6) is 0 Å². The zero-order chi connectivity index (χ0) is 12.3. The van der Waals surface area contributed by atoms with E-state index in [2.05, 4.69) is 6.92 Å². The van der Waals surface area contributed by atoms with E-state index in [4.69, 9.17) is 0 Å². The van der Waals surface area contributed by atoms with E-state index in [1.807, 2.05) is 4.90 Å². The van der Waals surface area contributed by atoms with Crippen LogP contribution in [-0.2, 0) is 0 Å². The third-order valence-electron chi connectivity index (χ3n) is 2.88. The Bertz CT molecular complexity index is 248. The number of likely N-dealkylation sites (tertiary alicyclic amines) is 1. The molecule has 2 amide bonds. The first-order valence-electron chi connectivity index (χ1n) is 6.02. The summed E-state index contributed by atoms with van der Waals surface area (Å²) in [6.45, 7) is 7.67. The van der Waals surface area contributed by atoms with Gasteiger partial charge in [0, 0.05) is 20.1 Å². The summed E-state index contributed by atoms with van der Waals surface area (Å²) in [5, 5.41) is 9.67. The molecule has 0 aromatic heterocycles. The number of aliphatic hydroxyl groups is 1. The van der Waals surface area contributed by atoms with Crippen LogP contribution in [0.2, 0.25) is 0 Å². The normalized spacial score (nSPS) is 22.1. The van der Waals surface area contributed by atoms with E-state index >= 15 is 0 Å². The monoisotopic (exact) mass is 228 g/mol. The third-order valence-corrected chi connectivity index (χ3v) is 2.88. The molecule has 0 saturated carbocycles. The smallest absolute Gasteiger partial charge is 0.319 e. The van der Waals surface area contributed by atoms with Crippen LogP contribution in [0.15, 0.2) is 0 Å². The number of likely N-dealkylation sites (N-methyl/N-ethyl adjacent to an activating group) is 1. The molecule has 1 aliphatic rings. The van der Waals surface area contributed by atoms with Crippen molar-refractivity contribution >= 4 is 6.03 Å². The minimum absolute atomic E-state index is 0.0358. The molecular weight excluding hydrogens is 204 g/mol. The topological polar surface area (TPSA) is 43.8 Å². The van der Waals surface area contributed by atoms with E-state index in [0.29, 0.717) is 12.5 Å². The first-order chi connectivity index (χ1) is 7.29. The molecule has 0 bridgehead atoms. The second-order valence-corrected chi connectivity index (χ2v) is 5.64. The number of carbonyl (C=O) groups is 1. The standard InChI is InChI=1S/C12H24N2O2/c1-10-6-5-7-14(8-10)11(15)13(4)9-12(2,3)16/h10,16H,5-9H2,1-4H3. The van der Waals surface area contributed by atoms with Crippen molar-refractivity contribution in [2.75, 3.05) is 26.7 Å². The average molecular weight is 228 g/mol. The van der Waals surface area contributed by atoms with Crippen LogP contribution in [0.3, 0.4) is 0 Å². The van der Waals surface area contributed by atoms with Gasteiger partial charge in [-0.3, -0.25) is 0 Å². The van der Waals surface area contributed by atoms with Crippen molar-refractivity contribution in [2.24, 2.45) is 5.92 Å². The molecule has 1 aliphatic heterocycles. The van der Waals surface area contributed by atoms with Gasteiger partial charge >= 0.3 is 6.03 Å². The predicted molar refractivity (Wildman–Crippen MR) is 64.3 cm³/mol. The first-order valence-corrected chi connectivity index (χ1v) is 6.02. The van der Waals surface area contributed by atoms with E-state index in [1.54, 1.807) is 25.8 Å². The van der Waals surface area contributed by atoms with Crippen LogP contribution in [0.25, 0.3) is 0 Å². The second kappa shape index (κ2) is 5.04. The van der Waals surface area contributed by atoms with Gasteiger partial charge in [0.15, 0.2) is 0 Å². The van der Waals surface area contributed by atoms with Crippen LogP contribution in [0.1, 0.15) is 33.6 Å². The Balaban J connectivity index is 2.49. The summed E-state index contributed by atoms with van der Waals surface area (Å²) in [7, 11) is 1.75. The van der Waals surface area contributed by atoms with Gasteiger partial charge in [-0.2, -0.15) is 0 Å². The van der Waals surface area contributed by atoms with Crippen molar-refractivity contribution in [2.45, 2.75) is 39.2 Å². The SMILES string of the molecule is CC1CCCN(C(=O)N(C)CC(C)(C)O)C1. The van der Waals surface area contributed by atoms with Gasteiger partial charge < -0.3 is 14.9 Å². The number of urea groups is 1. The van der Waals surface area contributed by atoms with Gasteiger partial charge in [0.05, 0.1) is 12.1 Å². The summed E-state index contributed by atoms with van der Waals surface area (Å²) in [4.78, 5) is 15.6. The maximum absolute atomic E-state index is 12.1. The Hall–Kier alpha value is -0.770. The zero-order valence-corrected chi connectivity index (χ0v) is 10.9. The fourth-order valence-corrected chi connectivity index (χ4v) is 2.25. The molecule has 1 N–H and O–H groups in total. The van der Waals surface area contributed by atoms with Gasteiger partial charge in [-0.15, -0.1) is 0 Å². The molecule has 94 valence electrons. The Morgan fingerprint density at radius 1 is 1.56 bits per heavy atom. The lowest BCUT2D eigenvalue weighted by Crippen LogP contribution is -2.49. The highest BCUT2D eigenvalue weighted by Gasteiger charge is 2.26. The summed E-state index contributed by atoms with van der Waals surface area (Å²) in [5.41, 5.74) is -0.828. The van der Waals surface area contributed by atoms with Gasteiger partial charge in [-0.05, 0) is 32.6 Å². The largest absolute Gasteiger partial charge is 0.389 e. The maximum atomic E-state index is 12.1. The molecule has 1 heterocycles. The van der Waals surface area contributed by atoms with E-state index < -0.39 is 5.60 Å². The zero-order valence-electron chi connectivity index (χ0n) is 10.9. The van der Waals surface area contributed by atoms with Crippen molar-refractivity contribution in [3.05, 3.63) is 0 Å². The van der Waals surface area contributed by atoms with Crippen LogP contribution in [-0.4, -0.2) is 53.2 Å². The molecule has 0 spiro atoms. The number of hydrogen-bond acceptors (Lipinski definition) is 2. The summed E-state index contributed by atoms with van der Waals surface area (Å²) >= 11 is 0. The summed E-state index contributed by atoms with van der Waals surface area (Å²) in [6.07, 6.45) is 2.29. The first kappa shape index (κ1) is 13.3. The molecular formula is C12H24N2O2. The second-order valence-electron chi connectivity index (χ2n) is 5.64. The van der Waals surface area contributed by atoms with Crippen LogP contribution >= 0.6 is 0 Å².